The SMILES string of the molecule is CCCN(CCC)C1CCC(c2cnc([C@@H](N)CC3CCCCN3)n2CC)CC1. The molecule has 0 bridgehead atoms. The zero-order valence-corrected chi connectivity index (χ0v) is 19.2. The molecule has 3 N–H and O–H groups in total. The molecule has 2 heterocycles. The third-order valence-corrected chi connectivity index (χ3v) is 7.17. The van der Waals surface area contributed by atoms with Crippen molar-refractivity contribution in [1.29, 1.82) is 0 Å². The standard InChI is InChI=1S/C24H45N5/c1-4-15-28(16-5-2)21-12-10-19(11-13-21)23-18-27-24(29(23)6-3)22(25)17-20-9-7-8-14-26-20/h18-22,26H,4-17,25H2,1-3H3/t19?,20?,21?,22-/m0/s1. The molecule has 2 aliphatic rings. The minimum Gasteiger partial charge on any atom is -0.331 e. The van der Waals surface area contributed by atoms with E-state index in [-0.39, 0.29) is 6.04 Å². The Kier molecular flexibility index (Phi) is 9.01. The van der Waals surface area contributed by atoms with Crippen molar-refractivity contribution in [2.24, 2.45) is 5.73 Å². The van der Waals surface area contributed by atoms with Gasteiger partial charge in [-0.3, -0.25) is 0 Å². The molecule has 1 aliphatic carbocycles. The fourth-order valence-electron chi connectivity index (χ4n) is 5.70. The highest BCUT2D eigenvalue weighted by Gasteiger charge is 2.29. The van der Waals surface area contributed by atoms with Crippen molar-refractivity contribution in [3.8, 4) is 0 Å². The number of piperidine rings is 1. The summed E-state index contributed by atoms with van der Waals surface area (Å²) in [6.07, 6.45) is 14.8. The molecule has 0 radical (unpaired) electrons. The van der Waals surface area contributed by atoms with E-state index in [4.69, 9.17) is 10.7 Å². The number of aromatic nitrogens is 2. The van der Waals surface area contributed by atoms with Gasteiger partial charge >= 0.3 is 0 Å². The van der Waals surface area contributed by atoms with Gasteiger partial charge in [0.2, 0.25) is 0 Å². The van der Waals surface area contributed by atoms with Crippen LogP contribution in [0.2, 0.25) is 0 Å². The van der Waals surface area contributed by atoms with E-state index < -0.39 is 0 Å². The maximum absolute atomic E-state index is 6.64. The number of nitrogens with zero attached hydrogens (tertiary/aromatic N) is 3. The molecule has 1 aliphatic heterocycles. The van der Waals surface area contributed by atoms with Gasteiger partial charge in [-0.05, 0) is 84.3 Å². The van der Waals surface area contributed by atoms with E-state index in [1.165, 1.54) is 76.6 Å². The second kappa shape index (κ2) is 11.5. The first kappa shape index (κ1) is 22.8. The Hall–Kier alpha value is -0.910. The van der Waals surface area contributed by atoms with Crippen molar-refractivity contribution in [2.75, 3.05) is 19.6 Å². The van der Waals surface area contributed by atoms with Crippen LogP contribution in [0.1, 0.15) is 108 Å². The normalized spacial score (nSPS) is 26.7. The highest BCUT2D eigenvalue weighted by molar-refractivity contribution is 5.15. The molecule has 0 amide bonds. The van der Waals surface area contributed by atoms with Crippen molar-refractivity contribution in [1.82, 2.24) is 19.8 Å². The number of nitrogens with one attached hydrogen (secondary N) is 1. The Balaban J connectivity index is 1.61. The van der Waals surface area contributed by atoms with Gasteiger partial charge in [0.1, 0.15) is 5.82 Å². The van der Waals surface area contributed by atoms with Crippen LogP contribution in [0.15, 0.2) is 6.20 Å². The summed E-state index contributed by atoms with van der Waals surface area (Å²) in [7, 11) is 0. The molecule has 5 nitrogen and oxygen atoms in total. The fraction of sp³-hybridized carbons (Fsp3) is 0.875. The first-order chi connectivity index (χ1) is 14.2. The van der Waals surface area contributed by atoms with Gasteiger partial charge in [-0.15, -0.1) is 0 Å². The van der Waals surface area contributed by atoms with Gasteiger partial charge in [-0.25, -0.2) is 4.98 Å². The summed E-state index contributed by atoms with van der Waals surface area (Å²) >= 11 is 0. The zero-order valence-electron chi connectivity index (χ0n) is 19.2. The molecule has 1 saturated heterocycles. The van der Waals surface area contributed by atoms with Gasteiger partial charge in [-0.2, -0.15) is 0 Å². The smallest absolute Gasteiger partial charge is 0.125 e. The van der Waals surface area contributed by atoms with E-state index in [2.05, 4.69) is 41.8 Å². The average molecular weight is 404 g/mol. The largest absolute Gasteiger partial charge is 0.331 e. The molecule has 1 aromatic heterocycles. The summed E-state index contributed by atoms with van der Waals surface area (Å²) in [4.78, 5) is 7.58. The Labute approximate surface area is 178 Å². The Morgan fingerprint density at radius 2 is 1.83 bits per heavy atom. The molecule has 1 saturated carbocycles. The Morgan fingerprint density at radius 1 is 1.10 bits per heavy atom. The van der Waals surface area contributed by atoms with Crippen molar-refractivity contribution in [3.05, 3.63) is 17.7 Å². The molecule has 166 valence electrons. The van der Waals surface area contributed by atoms with Crippen LogP contribution in [0.25, 0.3) is 0 Å². The quantitative estimate of drug-likeness (QED) is 0.600. The van der Waals surface area contributed by atoms with Crippen LogP contribution in [0.4, 0.5) is 0 Å². The topological polar surface area (TPSA) is 59.1 Å². The predicted octanol–water partition coefficient (Wildman–Crippen LogP) is 4.58. The first-order valence-corrected chi connectivity index (χ1v) is 12.5. The van der Waals surface area contributed by atoms with Gasteiger partial charge < -0.3 is 20.5 Å². The van der Waals surface area contributed by atoms with Gasteiger partial charge in [0.05, 0.1) is 6.04 Å². The number of rotatable bonds is 10. The van der Waals surface area contributed by atoms with E-state index in [1.807, 2.05) is 0 Å². The van der Waals surface area contributed by atoms with Crippen molar-refractivity contribution in [2.45, 2.75) is 116 Å². The lowest BCUT2D eigenvalue weighted by Gasteiger charge is -2.37. The average Bonchev–Trinajstić information content (AvgIpc) is 3.19. The monoisotopic (exact) mass is 403 g/mol. The summed E-state index contributed by atoms with van der Waals surface area (Å²) in [5.74, 6) is 1.76. The molecular formula is C24H45N5. The summed E-state index contributed by atoms with van der Waals surface area (Å²) < 4.78 is 2.44. The van der Waals surface area contributed by atoms with E-state index in [0.717, 1.165) is 31.4 Å². The van der Waals surface area contributed by atoms with Crippen molar-refractivity contribution in [3.63, 3.8) is 0 Å². The molecule has 1 aromatic rings. The second-order valence-corrected chi connectivity index (χ2v) is 9.32. The van der Waals surface area contributed by atoms with E-state index in [1.54, 1.807) is 0 Å². The summed E-state index contributed by atoms with van der Waals surface area (Å²) in [6, 6.07) is 1.38. The van der Waals surface area contributed by atoms with Crippen LogP contribution in [0.5, 0.6) is 0 Å². The second-order valence-electron chi connectivity index (χ2n) is 9.32. The fourth-order valence-corrected chi connectivity index (χ4v) is 5.70. The highest BCUT2D eigenvalue weighted by atomic mass is 15.2. The molecular weight excluding hydrogens is 358 g/mol. The molecule has 1 unspecified atom stereocenters. The molecule has 5 heteroatoms. The van der Waals surface area contributed by atoms with Gasteiger partial charge in [-0.1, -0.05) is 20.3 Å². The Morgan fingerprint density at radius 3 is 2.41 bits per heavy atom. The van der Waals surface area contributed by atoms with Gasteiger partial charge in [0.25, 0.3) is 0 Å². The highest BCUT2D eigenvalue weighted by Crippen LogP contribution is 2.36. The third-order valence-electron chi connectivity index (χ3n) is 7.17. The lowest BCUT2D eigenvalue weighted by molar-refractivity contribution is 0.148. The van der Waals surface area contributed by atoms with Crippen molar-refractivity contribution >= 4 is 0 Å². The van der Waals surface area contributed by atoms with E-state index >= 15 is 0 Å². The summed E-state index contributed by atoms with van der Waals surface area (Å²) in [5.41, 5.74) is 8.08. The number of hydrogen-bond acceptors (Lipinski definition) is 4. The van der Waals surface area contributed by atoms with Crippen LogP contribution in [-0.2, 0) is 6.54 Å². The zero-order chi connectivity index (χ0) is 20.6. The minimum absolute atomic E-state index is 0.0419. The lowest BCUT2D eigenvalue weighted by Crippen LogP contribution is -2.39. The molecule has 2 fully saturated rings. The number of nitrogens with two attached hydrogens (primary N) is 1. The van der Waals surface area contributed by atoms with E-state index in [0.29, 0.717) is 12.0 Å². The Bertz CT molecular complexity index is 578. The van der Waals surface area contributed by atoms with Gasteiger partial charge in [0.15, 0.2) is 0 Å². The summed E-state index contributed by atoms with van der Waals surface area (Å²) in [6.45, 7) is 11.5. The molecule has 29 heavy (non-hydrogen) atoms. The maximum Gasteiger partial charge on any atom is 0.125 e. The van der Waals surface area contributed by atoms with Crippen molar-refractivity contribution < 1.29 is 0 Å². The molecule has 0 spiro atoms. The van der Waals surface area contributed by atoms with Gasteiger partial charge in [0, 0.05) is 36.4 Å². The molecule has 3 rings (SSSR count). The van der Waals surface area contributed by atoms with Crippen LogP contribution in [0, 0.1) is 0 Å². The predicted molar refractivity (Wildman–Crippen MR) is 122 cm³/mol. The maximum atomic E-state index is 6.64. The minimum atomic E-state index is 0.0419. The third kappa shape index (κ3) is 5.83. The molecule has 0 aromatic carbocycles. The number of imidazole rings is 1. The van der Waals surface area contributed by atoms with Crippen LogP contribution < -0.4 is 11.1 Å². The lowest BCUT2D eigenvalue weighted by atomic mass is 9.83. The first-order valence-electron chi connectivity index (χ1n) is 12.5. The molecule has 2 atom stereocenters. The van der Waals surface area contributed by atoms with Crippen LogP contribution in [-0.4, -0.2) is 46.2 Å². The van der Waals surface area contributed by atoms with E-state index in [9.17, 15) is 0 Å². The van der Waals surface area contributed by atoms with Crippen LogP contribution >= 0.6 is 0 Å². The number of hydrogen-bond donors (Lipinski definition) is 2. The summed E-state index contributed by atoms with van der Waals surface area (Å²) in [5, 5.41) is 3.64. The van der Waals surface area contributed by atoms with Crippen LogP contribution in [0.3, 0.4) is 0 Å².